The van der Waals surface area contributed by atoms with E-state index in [1.807, 2.05) is 0 Å². The van der Waals surface area contributed by atoms with E-state index in [1.165, 1.54) is 0 Å². The second-order valence-corrected chi connectivity index (χ2v) is 3.75. The van der Waals surface area contributed by atoms with E-state index < -0.39 is 10.0 Å². The Balaban J connectivity index is 2.84. The molecule has 0 aromatic carbocycles. The summed E-state index contributed by atoms with van der Waals surface area (Å²) < 4.78 is 23.8. The van der Waals surface area contributed by atoms with E-state index in [-0.39, 0.29) is 5.25 Å². The average molecular weight is 147 g/mol. The summed E-state index contributed by atoms with van der Waals surface area (Å²) in [5.41, 5.74) is 7.76. The fraction of sp³-hybridized carbons (Fsp3) is 1.00. The zero-order valence-electron chi connectivity index (χ0n) is 4.56. The molecule has 9 heavy (non-hydrogen) atoms. The zero-order valence-corrected chi connectivity index (χ0v) is 5.37. The molecule has 0 spiro atoms. The van der Waals surface area contributed by atoms with E-state index in [4.69, 9.17) is 5.53 Å². The van der Waals surface area contributed by atoms with Crippen molar-refractivity contribution in [3.63, 3.8) is 0 Å². The topological polar surface area (TPSA) is 82.9 Å². The van der Waals surface area contributed by atoms with Crippen LogP contribution in [0.2, 0.25) is 0 Å². The standard InChI is InChI=1S/C3H5N3O2S/c4-5-6-9(7,8)3-1-2-3/h3H,1-2H2. The van der Waals surface area contributed by atoms with Crippen LogP contribution in [0.25, 0.3) is 10.4 Å². The van der Waals surface area contributed by atoms with Gasteiger partial charge in [-0.2, -0.15) is 0 Å². The lowest BCUT2D eigenvalue weighted by Crippen LogP contribution is -1.99. The van der Waals surface area contributed by atoms with E-state index in [9.17, 15) is 8.42 Å². The Labute approximate surface area is 52.4 Å². The molecule has 0 radical (unpaired) electrons. The van der Waals surface area contributed by atoms with E-state index in [0.717, 1.165) is 0 Å². The Morgan fingerprint density at radius 3 is 2.44 bits per heavy atom. The van der Waals surface area contributed by atoms with E-state index in [0.29, 0.717) is 12.8 Å². The quantitative estimate of drug-likeness (QED) is 0.328. The molecular formula is C3H5N3O2S. The Hall–Kier alpha value is -0.740. The summed E-state index contributed by atoms with van der Waals surface area (Å²) >= 11 is 0. The molecule has 0 saturated heterocycles. The Morgan fingerprint density at radius 2 is 2.11 bits per heavy atom. The maximum absolute atomic E-state index is 10.6. The van der Waals surface area contributed by atoms with Crippen molar-refractivity contribution in [3.8, 4) is 0 Å². The fourth-order valence-corrected chi connectivity index (χ4v) is 1.45. The van der Waals surface area contributed by atoms with Crippen molar-refractivity contribution in [2.45, 2.75) is 18.1 Å². The van der Waals surface area contributed by atoms with Crippen LogP contribution in [0, 0.1) is 0 Å². The van der Waals surface area contributed by atoms with Crippen LogP contribution in [-0.4, -0.2) is 13.7 Å². The maximum atomic E-state index is 10.6. The molecule has 1 aliphatic rings. The minimum Gasteiger partial charge on any atom is -0.221 e. The summed E-state index contributed by atoms with van der Waals surface area (Å²) in [6.45, 7) is 0. The predicted octanol–water partition coefficient (Wildman–Crippen LogP) is 0.789. The van der Waals surface area contributed by atoms with Gasteiger partial charge in [0, 0.05) is 9.43 Å². The van der Waals surface area contributed by atoms with Gasteiger partial charge < -0.3 is 0 Å². The number of nitrogens with zero attached hydrogens (tertiary/aromatic N) is 3. The maximum Gasteiger partial charge on any atom is 0.238 e. The Kier molecular flexibility index (Phi) is 1.34. The number of hydrogen-bond donors (Lipinski definition) is 0. The molecule has 6 heteroatoms. The summed E-state index contributed by atoms with van der Waals surface area (Å²) in [4.78, 5) is 2.21. The first kappa shape index (κ1) is 6.38. The van der Waals surface area contributed by atoms with Gasteiger partial charge in [0.2, 0.25) is 10.0 Å². The highest BCUT2D eigenvalue weighted by molar-refractivity contribution is 7.90. The van der Waals surface area contributed by atoms with Crippen LogP contribution in [0.4, 0.5) is 0 Å². The van der Waals surface area contributed by atoms with Gasteiger partial charge >= 0.3 is 0 Å². The lowest BCUT2D eigenvalue weighted by Gasteiger charge is -1.85. The normalized spacial score (nSPS) is 18.7. The minimum atomic E-state index is -3.43. The molecule has 0 bridgehead atoms. The number of rotatable bonds is 2. The van der Waals surface area contributed by atoms with Gasteiger partial charge in [-0.3, -0.25) is 0 Å². The molecule has 50 valence electrons. The van der Waals surface area contributed by atoms with Crippen molar-refractivity contribution in [3.05, 3.63) is 10.4 Å². The van der Waals surface area contributed by atoms with Crippen molar-refractivity contribution >= 4 is 10.0 Å². The Morgan fingerprint density at radius 1 is 1.56 bits per heavy atom. The van der Waals surface area contributed by atoms with Crippen molar-refractivity contribution in [2.24, 2.45) is 4.52 Å². The van der Waals surface area contributed by atoms with Crippen molar-refractivity contribution in [1.82, 2.24) is 0 Å². The van der Waals surface area contributed by atoms with E-state index in [2.05, 4.69) is 9.43 Å². The van der Waals surface area contributed by atoms with Gasteiger partial charge in [-0.15, -0.1) is 0 Å². The molecule has 1 rings (SSSR count). The first-order valence-electron chi connectivity index (χ1n) is 2.47. The van der Waals surface area contributed by atoms with Gasteiger partial charge in [-0.25, -0.2) is 8.42 Å². The molecular weight excluding hydrogens is 142 g/mol. The highest BCUT2D eigenvalue weighted by atomic mass is 32.2. The monoisotopic (exact) mass is 147 g/mol. The van der Waals surface area contributed by atoms with Crippen LogP contribution in [-0.2, 0) is 10.0 Å². The van der Waals surface area contributed by atoms with Crippen molar-refractivity contribution < 1.29 is 8.42 Å². The zero-order chi connectivity index (χ0) is 6.91. The highest BCUT2D eigenvalue weighted by Gasteiger charge is 2.34. The molecule has 1 fully saturated rings. The van der Waals surface area contributed by atoms with Crippen LogP contribution in [0.1, 0.15) is 12.8 Å². The third-order valence-corrected chi connectivity index (χ3v) is 2.71. The molecule has 0 aromatic heterocycles. The minimum absolute atomic E-state index is 0.381. The summed E-state index contributed by atoms with van der Waals surface area (Å²) in [5.74, 6) is 0. The van der Waals surface area contributed by atoms with E-state index in [1.54, 1.807) is 0 Å². The van der Waals surface area contributed by atoms with Gasteiger partial charge in [0.1, 0.15) is 0 Å². The van der Waals surface area contributed by atoms with Crippen LogP contribution in [0.15, 0.2) is 4.52 Å². The average Bonchev–Trinajstić information content (AvgIpc) is 2.41. The van der Waals surface area contributed by atoms with Crippen LogP contribution in [0.5, 0.6) is 0 Å². The first-order valence-corrected chi connectivity index (χ1v) is 3.97. The van der Waals surface area contributed by atoms with Crippen molar-refractivity contribution in [1.29, 1.82) is 0 Å². The lowest BCUT2D eigenvalue weighted by atomic mass is 11.0. The summed E-state index contributed by atoms with van der Waals surface area (Å²) in [6, 6.07) is 0. The molecule has 0 amide bonds. The smallest absolute Gasteiger partial charge is 0.221 e. The lowest BCUT2D eigenvalue weighted by molar-refractivity contribution is 0.596. The highest BCUT2D eigenvalue weighted by Crippen LogP contribution is 2.29. The van der Waals surface area contributed by atoms with Gasteiger partial charge in [-0.1, -0.05) is 0 Å². The molecule has 5 nitrogen and oxygen atoms in total. The van der Waals surface area contributed by atoms with Gasteiger partial charge in [-0.05, 0) is 18.4 Å². The SMILES string of the molecule is [N-]=[N+]=NS(=O)(=O)C1CC1. The number of sulfonamides is 1. The molecule has 0 heterocycles. The number of hydrogen-bond acceptors (Lipinski definition) is 2. The summed E-state index contributed by atoms with van der Waals surface area (Å²) in [7, 11) is -3.43. The van der Waals surface area contributed by atoms with Gasteiger partial charge in [0.25, 0.3) is 0 Å². The van der Waals surface area contributed by atoms with E-state index >= 15 is 0 Å². The molecule has 1 aliphatic carbocycles. The van der Waals surface area contributed by atoms with Crippen LogP contribution in [0.3, 0.4) is 0 Å². The molecule has 0 N–H and O–H groups in total. The first-order chi connectivity index (χ1) is 4.17. The predicted molar refractivity (Wildman–Crippen MR) is 31.1 cm³/mol. The molecule has 1 saturated carbocycles. The van der Waals surface area contributed by atoms with Gasteiger partial charge in [0.05, 0.1) is 5.25 Å². The largest absolute Gasteiger partial charge is 0.238 e. The third-order valence-electron chi connectivity index (χ3n) is 1.10. The number of azide groups is 1. The van der Waals surface area contributed by atoms with Gasteiger partial charge in [0.15, 0.2) is 0 Å². The second-order valence-electron chi connectivity index (χ2n) is 1.89. The van der Waals surface area contributed by atoms with Crippen LogP contribution >= 0.6 is 0 Å². The molecule has 0 atom stereocenters. The van der Waals surface area contributed by atoms with Crippen LogP contribution < -0.4 is 0 Å². The summed E-state index contributed by atoms with van der Waals surface area (Å²) in [6.07, 6.45) is 1.28. The molecule has 0 unspecified atom stereocenters. The Bertz CT molecular complexity index is 246. The fourth-order valence-electron chi connectivity index (χ4n) is 0.483. The molecule has 0 aromatic rings. The summed E-state index contributed by atoms with van der Waals surface area (Å²) in [5, 5.41) is -0.381. The second kappa shape index (κ2) is 1.89. The molecule has 0 aliphatic heterocycles. The van der Waals surface area contributed by atoms with Crippen molar-refractivity contribution in [2.75, 3.05) is 0 Å². The third kappa shape index (κ3) is 1.34.